The zero-order chi connectivity index (χ0) is 23.0. The predicted octanol–water partition coefficient (Wildman–Crippen LogP) is 5.08. The average Bonchev–Trinajstić information content (AvgIpc) is 3.06. The van der Waals surface area contributed by atoms with Crippen LogP contribution in [0.1, 0.15) is 28.3 Å². The van der Waals surface area contributed by atoms with E-state index in [0.717, 1.165) is 5.56 Å². The van der Waals surface area contributed by atoms with Gasteiger partial charge >= 0.3 is 0 Å². The van der Waals surface area contributed by atoms with Crippen LogP contribution in [0, 0.1) is 19.7 Å². The summed E-state index contributed by atoms with van der Waals surface area (Å²) in [6.45, 7) is 3.63. The molecular weight excluding hydrogens is 409 g/mol. The number of methoxy groups -OCH3 is 1. The monoisotopic (exact) mass is 431 g/mol. The number of benzene rings is 3. The van der Waals surface area contributed by atoms with Crippen molar-refractivity contribution in [3.05, 3.63) is 100 Å². The van der Waals surface area contributed by atoms with Crippen molar-refractivity contribution >= 4 is 23.1 Å². The Kier molecular flexibility index (Phi) is 5.53. The van der Waals surface area contributed by atoms with Gasteiger partial charge in [-0.1, -0.05) is 30.3 Å². The number of hydrogen-bond acceptors (Lipinski definition) is 4. The van der Waals surface area contributed by atoms with Gasteiger partial charge in [-0.15, -0.1) is 0 Å². The van der Waals surface area contributed by atoms with E-state index in [4.69, 9.17) is 4.74 Å². The molecular formula is C26H22FNO4. The molecule has 0 bridgehead atoms. The lowest BCUT2D eigenvalue weighted by Gasteiger charge is -2.25. The van der Waals surface area contributed by atoms with Gasteiger partial charge in [-0.05, 0) is 66.9 Å². The van der Waals surface area contributed by atoms with Crippen LogP contribution in [0.3, 0.4) is 0 Å². The Bertz CT molecular complexity index is 1230. The van der Waals surface area contributed by atoms with Crippen LogP contribution < -0.4 is 9.64 Å². The molecule has 0 saturated carbocycles. The quantitative estimate of drug-likeness (QED) is 0.356. The molecule has 0 spiro atoms. The molecule has 3 aromatic rings. The van der Waals surface area contributed by atoms with Crippen LogP contribution in [-0.2, 0) is 9.59 Å². The van der Waals surface area contributed by atoms with Crippen molar-refractivity contribution in [1.82, 2.24) is 0 Å². The van der Waals surface area contributed by atoms with Gasteiger partial charge < -0.3 is 9.84 Å². The van der Waals surface area contributed by atoms with Gasteiger partial charge in [0, 0.05) is 11.3 Å². The highest BCUT2D eigenvalue weighted by atomic mass is 19.1. The maximum Gasteiger partial charge on any atom is 0.300 e. The number of rotatable bonds is 4. The van der Waals surface area contributed by atoms with E-state index < -0.39 is 23.5 Å². The van der Waals surface area contributed by atoms with E-state index in [1.807, 2.05) is 13.0 Å². The molecule has 3 aromatic carbocycles. The van der Waals surface area contributed by atoms with Crippen molar-refractivity contribution in [1.29, 1.82) is 0 Å². The minimum Gasteiger partial charge on any atom is -0.507 e. The number of ether oxygens (including phenoxy) is 1. The first-order valence-corrected chi connectivity index (χ1v) is 10.1. The first-order chi connectivity index (χ1) is 15.3. The molecule has 0 aliphatic carbocycles. The summed E-state index contributed by atoms with van der Waals surface area (Å²) in [7, 11) is 1.56. The lowest BCUT2D eigenvalue weighted by molar-refractivity contribution is -0.132. The summed E-state index contributed by atoms with van der Waals surface area (Å²) in [4.78, 5) is 27.6. The minimum atomic E-state index is -0.858. The van der Waals surface area contributed by atoms with Gasteiger partial charge in [0.05, 0.1) is 18.7 Å². The molecule has 0 aromatic heterocycles. The number of aryl methyl sites for hydroxylation is 2. The van der Waals surface area contributed by atoms with Crippen molar-refractivity contribution in [2.24, 2.45) is 0 Å². The molecule has 162 valence electrons. The lowest BCUT2D eigenvalue weighted by atomic mass is 9.93. The van der Waals surface area contributed by atoms with Gasteiger partial charge in [0.15, 0.2) is 0 Å². The number of hydrogen-bond donors (Lipinski definition) is 1. The van der Waals surface area contributed by atoms with Crippen molar-refractivity contribution in [2.45, 2.75) is 19.9 Å². The molecule has 1 N–H and O–H groups in total. The summed E-state index contributed by atoms with van der Waals surface area (Å²) in [6.07, 6.45) is 0. The Hall–Kier alpha value is -3.93. The maximum atomic E-state index is 13.5. The Labute approximate surface area is 185 Å². The van der Waals surface area contributed by atoms with Gasteiger partial charge in [-0.2, -0.15) is 0 Å². The number of aliphatic hydroxyl groups is 1. The number of halogens is 1. The number of ketones is 1. The van der Waals surface area contributed by atoms with E-state index in [0.29, 0.717) is 28.1 Å². The number of Topliss-reactive ketones (excluding diaryl/α,β-unsaturated/α-hetero) is 1. The van der Waals surface area contributed by atoms with Crippen LogP contribution in [0.5, 0.6) is 5.75 Å². The minimum absolute atomic E-state index is 0.0156. The molecule has 5 nitrogen and oxygen atoms in total. The Morgan fingerprint density at radius 2 is 1.62 bits per heavy atom. The summed E-state index contributed by atoms with van der Waals surface area (Å²) >= 11 is 0. The molecule has 1 aliphatic rings. The zero-order valence-electron chi connectivity index (χ0n) is 17.9. The molecule has 6 heteroatoms. The summed E-state index contributed by atoms with van der Waals surface area (Å²) in [5.41, 5.74) is 2.93. The maximum absolute atomic E-state index is 13.5. The number of carbonyl (C=O) groups excluding carboxylic acids is 2. The summed E-state index contributed by atoms with van der Waals surface area (Å²) < 4.78 is 18.8. The van der Waals surface area contributed by atoms with Gasteiger partial charge in [0.25, 0.3) is 11.7 Å². The molecule has 1 unspecified atom stereocenters. The second kappa shape index (κ2) is 8.30. The van der Waals surface area contributed by atoms with Crippen molar-refractivity contribution in [3.63, 3.8) is 0 Å². The van der Waals surface area contributed by atoms with Crippen molar-refractivity contribution in [3.8, 4) is 5.75 Å². The normalized spacial score (nSPS) is 17.6. The lowest BCUT2D eigenvalue weighted by Crippen LogP contribution is -2.29. The summed E-state index contributed by atoms with van der Waals surface area (Å²) in [5, 5.41) is 11.3. The van der Waals surface area contributed by atoms with E-state index in [1.54, 1.807) is 50.4 Å². The van der Waals surface area contributed by atoms with Crippen LogP contribution in [0.2, 0.25) is 0 Å². The van der Waals surface area contributed by atoms with Crippen LogP contribution in [0.25, 0.3) is 5.76 Å². The van der Waals surface area contributed by atoms with E-state index >= 15 is 0 Å². The number of amides is 1. The van der Waals surface area contributed by atoms with Crippen LogP contribution in [0.4, 0.5) is 10.1 Å². The van der Waals surface area contributed by atoms with E-state index in [2.05, 4.69) is 0 Å². The van der Waals surface area contributed by atoms with Crippen LogP contribution >= 0.6 is 0 Å². The van der Waals surface area contributed by atoms with Crippen molar-refractivity contribution < 1.29 is 23.8 Å². The van der Waals surface area contributed by atoms with Gasteiger partial charge in [0.2, 0.25) is 0 Å². The smallest absolute Gasteiger partial charge is 0.300 e. The SMILES string of the molecule is COc1cc(C)c(/C(O)=C2\C(=O)C(=O)N(c3ccc(F)cc3)C2c2ccccc2)cc1C. The number of nitrogens with zero attached hydrogens (tertiary/aromatic N) is 1. The molecule has 1 saturated heterocycles. The Balaban J connectivity index is 1.96. The highest BCUT2D eigenvalue weighted by Crippen LogP contribution is 2.42. The fourth-order valence-electron chi connectivity index (χ4n) is 4.06. The fraction of sp³-hybridized carbons (Fsp3) is 0.154. The Morgan fingerprint density at radius 1 is 0.969 bits per heavy atom. The van der Waals surface area contributed by atoms with Crippen LogP contribution in [-0.4, -0.2) is 23.9 Å². The van der Waals surface area contributed by atoms with Gasteiger partial charge in [0.1, 0.15) is 17.3 Å². The molecule has 1 atom stereocenters. The topological polar surface area (TPSA) is 66.8 Å². The largest absolute Gasteiger partial charge is 0.507 e. The molecule has 4 rings (SSSR count). The molecule has 32 heavy (non-hydrogen) atoms. The highest BCUT2D eigenvalue weighted by Gasteiger charge is 2.47. The summed E-state index contributed by atoms with van der Waals surface area (Å²) in [6, 6.07) is 17.0. The second-order valence-electron chi connectivity index (χ2n) is 7.69. The molecule has 1 aliphatic heterocycles. The standard InChI is InChI=1S/C26H22FNO4/c1-15-14-21(32-3)16(2)13-20(15)24(29)22-23(17-7-5-4-6-8-17)28(26(31)25(22)30)19-11-9-18(27)10-12-19/h4-14,23,29H,1-3H3/b24-22+. The van der Waals surface area contributed by atoms with Crippen LogP contribution in [0.15, 0.2) is 72.3 Å². The van der Waals surface area contributed by atoms with E-state index in [1.165, 1.54) is 29.2 Å². The van der Waals surface area contributed by atoms with E-state index in [-0.39, 0.29) is 11.3 Å². The number of aliphatic hydroxyl groups excluding tert-OH is 1. The second-order valence-corrected chi connectivity index (χ2v) is 7.69. The first-order valence-electron chi connectivity index (χ1n) is 10.1. The molecule has 0 radical (unpaired) electrons. The first kappa shape index (κ1) is 21.3. The van der Waals surface area contributed by atoms with Gasteiger partial charge in [-0.25, -0.2) is 4.39 Å². The third-order valence-corrected chi connectivity index (χ3v) is 5.66. The number of carbonyl (C=O) groups is 2. The fourth-order valence-corrected chi connectivity index (χ4v) is 4.06. The molecule has 1 heterocycles. The van der Waals surface area contributed by atoms with E-state index in [9.17, 15) is 19.1 Å². The number of anilines is 1. The third kappa shape index (κ3) is 3.54. The van der Waals surface area contributed by atoms with Crippen molar-refractivity contribution in [2.75, 3.05) is 12.0 Å². The Morgan fingerprint density at radius 3 is 2.25 bits per heavy atom. The predicted molar refractivity (Wildman–Crippen MR) is 120 cm³/mol. The average molecular weight is 431 g/mol. The zero-order valence-corrected chi connectivity index (χ0v) is 17.9. The third-order valence-electron chi connectivity index (χ3n) is 5.66. The summed E-state index contributed by atoms with van der Waals surface area (Å²) in [5.74, 6) is -1.63. The van der Waals surface area contributed by atoms with Gasteiger partial charge in [-0.3, -0.25) is 14.5 Å². The highest BCUT2D eigenvalue weighted by molar-refractivity contribution is 6.51. The molecule has 1 amide bonds. The molecule has 1 fully saturated rings.